The first kappa shape index (κ1) is 12.8. The lowest BCUT2D eigenvalue weighted by molar-refractivity contribution is -0.143. The van der Waals surface area contributed by atoms with E-state index < -0.39 is 5.97 Å². The number of carbonyl (C=O) groups excluding carboxylic acids is 3. The van der Waals surface area contributed by atoms with Gasteiger partial charge in [-0.3, -0.25) is 9.59 Å². The van der Waals surface area contributed by atoms with Gasteiger partial charge in [0.15, 0.2) is 0 Å². The Morgan fingerprint density at radius 3 is 2.21 bits per heavy atom. The van der Waals surface area contributed by atoms with Crippen LogP contribution < -0.4 is 0 Å². The van der Waals surface area contributed by atoms with Crippen LogP contribution in [0.1, 0.15) is 33.1 Å². The third kappa shape index (κ3) is 6.34. The van der Waals surface area contributed by atoms with Gasteiger partial charge in [0.05, 0.1) is 7.11 Å². The van der Waals surface area contributed by atoms with E-state index in [0.29, 0.717) is 6.42 Å². The summed E-state index contributed by atoms with van der Waals surface area (Å²) in [5, 5.41) is 0. The first-order chi connectivity index (χ1) is 6.45. The van der Waals surface area contributed by atoms with Gasteiger partial charge in [0.2, 0.25) is 0 Å². The molecule has 0 amide bonds. The number of rotatable bonds is 6. The molecule has 0 N–H and O–H groups in total. The van der Waals surface area contributed by atoms with Crippen LogP contribution in [0, 0.1) is 5.92 Å². The van der Waals surface area contributed by atoms with Crippen molar-refractivity contribution in [2.75, 3.05) is 7.11 Å². The first-order valence-corrected chi connectivity index (χ1v) is 4.53. The molecule has 0 saturated heterocycles. The number of methoxy groups -OCH3 is 1. The first-order valence-electron chi connectivity index (χ1n) is 4.53. The average molecular weight is 200 g/mol. The predicted molar refractivity (Wildman–Crippen MR) is 50.7 cm³/mol. The van der Waals surface area contributed by atoms with Crippen molar-refractivity contribution in [2.24, 2.45) is 5.92 Å². The standard InChI is InChI=1S/C10H16O4/c1-7(4-8(2)11)5-9(12)6-10(13)14-3/h7H,4-6H2,1-3H3. The van der Waals surface area contributed by atoms with E-state index in [4.69, 9.17) is 0 Å². The minimum atomic E-state index is -0.523. The quantitative estimate of drug-likeness (QED) is 0.476. The Morgan fingerprint density at radius 1 is 1.21 bits per heavy atom. The molecule has 0 saturated carbocycles. The molecular formula is C10H16O4. The predicted octanol–water partition coefficient (Wildman–Crippen LogP) is 1.12. The smallest absolute Gasteiger partial charge is 0.313 e. The molecule has 1 atom stereocenters. The molecule has 0 rings (SSSR count). The lowest BCUT2D eigenvalue weighted by atomic mass is 9.98. The normalized spacial score (nSPS) is 11.9. The Kier molecular flexibility index (Phi) is 5.76. The van der Waals surface area contributed by atoms with Crippen molar-refractivity contribution in [3.63, 3.8) is 0 Å². The van der Waals surface area contributed by atoms with Crippen LogP contribution >= 0.6 is 0 Å². The van der Waals surface area contributed by atoms with E-state index in [2.05, 4.69) is 4.74 Å². The highest BCUT2D eigenvalue weighted by molar-refractivity contribution is 5.95. The molecule has 4 nitrogen and oxygen atoms in total. The number of ether oxygens (including phenoxy) is 1. The molecule has 0 aromatic rings. The van der Waals surface area contributed by atoms with Crippen molar-refractivity contribution in [3.8, 4) is 0 Å². The summed E-state index contributed by atoms with van der Waals surface area (Å²) in [6.45, 7) is 3.30. The molecule has 0 aliphatic heterocycles. The maximum Gasteiger partial charge on any atom is 0.313 e. The highest BCUT2D eigenvalue weighted by atomic mass is 16.5. The number of ketones is 2. The van der Waals surface area contributed by atoms with E-state index in [0.717, 1.165) is 0 Å². The topological polar surface area (TPSA) is 60.4 Å². The van der Waals surface area contributed by atoms with Crippen molar-refractivity contribution >= 4 is 17.5 Å². The fourth-order valence-electron chi connectivity index (χ4n) is 1.26. The summed E-state index contributed by atoms with van der Waals surface area (Å²) in [4.78, 5) is 32.6. The lowest BCUT2D eigenvalue weighted by Gasteiger charge is -2.07. The zero-order valence-corrected chi connectivity index (χ0v) is 8.83. The van der Waals surface area contributed by atoms with Gasteiger partial charge in [-0.1, -0.05) is 6.92 Å². The van der Waals surface area contributed by atoms with Crippen LogP contribution in [0.25, 0.3) is 0 Å². The Bertz CT molecular complexity index is 232. The van der Waals surface area contributed by atoms with Crippen LogP contribution in [0.2, 0.25) is 0 Å². The van der Waals surface area contributed by atoms with Crippen molar-refractivity contribution < 1.29 is 19.1 Å². The van der Waals surface area contributed by atoms with Gasteiger partial charge in [0, 0.05) is 12.8 Å². The molecule has 0 aliphatic rings. The van der Waals surface area contributed by atoms with Crippen LogP contribution in [0.3, 0.4) is 0 Å². The fraction of sp³-hybridized carbons (Fsp3) is 0.700. The number of Topliss-reactive ketones (excluding diaryl/α,β-unsaturated/α-hetero) is 2. The van der Waals surface area contributed by atoms with E-state index in [1.807, 2.05) is 6.92 Å². The van der Waals surface area contributed by atoms with Crippen molar-refractivity contribution in [1.82, 2.24) is 0 Å². The maximum absolute atomic E-state index is 11.2. The molecule has 0 aromatic carbocycles. The molecule has 0 aliphatic carbocycles. The number of hydrogen-bond acceptors (Lipinski definition) is 4. The van der Waals surface area contributed by atoms with Gasteiger partial charge in [-0.05, 0) is 12.8 Å². The highest BCUT2D eigenvalue weighted by Crippen LogP contribution is 2.09. The van der Waals surface area contributed by atoms with Crippen LogP contribution in [-0.2, 0) is 19.1 Å². The second-order valence-electron chi connectivity index (χ2n) is 3.51. The fourth-order valence-corrected chi connectivity index (χ4v) is 1.26. The van der Waals surface area contributed by atoms with Gasteiger partial charge >= 0.3 is 5.97 Å². The zero-order chi connectivity index (χ0) is 11.1. The molecule has 0 fully saturated rings. The molecule has 0 radical (unpaired) electrons. The van der Waals surface area contributed by atoms with E-state index >= 15 is 0 Å². The molecule has 0 spiro atoms. The van der Waals surface area contributed by atoms with Gasteiger partial charge in [0.25, 0.3) is 0 Å². The summed E-state index contributed by atoms with van der Waals surface area (Å²) in [6, 6.07) is 0. The average Bonchev–Trinajstić information content (AvgIpc) is 2.01. The van der Waals surface area contributed by atoms with E-state index in [1.54, 1.807) is 0 Å². The monoisotopic (exact) mass is 200 g/mol. The number of hydrogen-bond donors (Lipinski definition) is 0. The summed E-state index contributed by atoms with van der Waals surface area (Å²) in [7, 11) is 1.24. The molecule has 1 unspecified atom stereocenters. The van der Waals surface area contributed by atoms with Gasteiger partial charge < -0.3 is 9.53 Å². The molecule has 4 heteroatoms. The molecule has 14 heavy (non-hydrogen) atoms. The van der Waals surface area contributed by atoms with E-state index in [-0.39, 0.29) is 30.3 Å². The van der Waals surface area contributed by atoms with Gasteiger partial charge in [0.1, 0.15) is 18.0 Å². The third-order valence-corrected chi connectivity index (χ3v) is 1.78. The summed E-state index contributed by atoms with van der Waals surface area (Å²) >= 11 is 0. The Hall–Kier alpha value is -1.19. The SMILES string of the molecule is COC(=O)CC(=O)CC(C)CC(C)=O. The van der Waals surface area contributed by atoms with Gasteiger partial charge in [-0.2, -0.15) is 0 Å². The van der Waals surface area contributed by atoms with E-state index in [1.165, 1.54) is 14.0 Å². The zero-order valence-electron chi connectivity index (χ0n) is 8.83. The Balaban J connectivity index is 3.82. The summed E-state index contributed by atoms with van der Waals surface area (Å²) in [5.41, 5.74) is 0. The Morgan fingerprint density at radius 2 is 1.79 bits per heavy atom. The number of carbonyl (C=O) groups is 3. The maximum atomic E-state index is 11.2. The minimum Gasteiger partial charge on any atom is -0.469 e. The van der Waals surface area contributed by atoms with Crippen LogP contribution in [-0.4, -0.2) is 24.6 Å². The third-order valence-electron chi connectivity index (χ3n) is 1.78. The van der Waals surface area contributed by atoms with Crippen LogP contribution in [0.4, 0.5) is 0 Å². The summed E-state index contributed by atoms with van der Waals surface area (Å²) in [5.74, 6) is -0.636. The largest absolute Gasteiger partial charge is 0.469 e. The second kappa shape index (κ2) is 6.29. The van der Waals surface area contributed by atoms with Crippen LogP contribution in [0.5, 0.6) is 0 Å². The van der Waals surface area contributed by atoms with Gasteiger partial charge in [-0.15, -0.1) is 0 Å². The molecule has 0 heterocycles. The molecule has 80 valence electrons. The molecule has 0 aromatic heterocycles. The minimum absolute atomic E-state index is 0.00431. The second-order valence-corrected chi connectivity index (χ2v) is 3.51. The summed E-state index contributed by atoms with van der Waals surface area (Å²) in [6.07, 6.45) is 0.445. The van der Waals surface area contributed by atoms with Crippen molar-refractivity contribution in [1.29, 1.82) is 0 Å². The molecule has 0 bridgehead atoms. The van der Waals surface area contributed by atoms with Crippen molar-refractivity contribution in [2.45, 2.75) is 33.1 Å². The summed E-state index contributed by atoms with van der Waals surface area (Å²) < 4.78 is 4.36. The highest BCUT2D eigenvalue weighted by Gasteiger charge is 2.14. The molecular weight excluding hydrogens is 184 g/mol. The van der Waals surface area contributed by atoms with Crippen molar-refractivity contribution in [3.05, 3.63) is 0 Å². The van der Waals surface area contributed by atoms with Crippen LogP contribution in [0.15, 0.2) is 0 Å². The lowest BCUT2D eigenvalue weighted by Crippen LogP contribution is -2.13. The number of esters is 1. The van der Waals surface area contributed by atoms with Gasteiger partial charge in [-0.25, -0.2) is 0 Å². The van der Waals surface area contributed by atoms with E-state index in [9.17, 15) is 14.4 Å². The Labute approximate surface area is 83.6 Å².